The second kappa shape index (κ2) is 5.34. The Labute approximate surface area is 107 Å². The Kier molecular flexibility index (Phi) is 3.80. The number of aromatic amines is 1. The standard InChI is InChI=1S/C15H19FN2/c1-4-11-5-12(7-13(16)6-11)8-15-17-9-14(18-15)10(2)3/h5-7,9-10H,4,8H2,1-3H3,(H,17,18). The number of hydrogen-bond acceptors (Lipinski definition) is 1. The van der Waals surface area contributed by atoms with Gasteiger partial charge in [0.15, 0.2) is 0 Å². The molecule has 0 saturated carbocycles. The van der Waals surface area contributed by atoms with E-state index < -0.39 is 0 Å². The molecule has 0 aliphatic carbocycles. The van der Waals surface area contributed by atoms with Gasteiger partial charge in [0, 0.05) is 18.3 Å². The Bertz CT molecular complexity index is 529. The van der Waals surface area contributed by atoms with Crippen molar-refractivity contribution in [2.45, 2.75) is 39.5 Å². The van der Waals surface area contributed by atoms with E-state index in [0.29, 0.717) is 12.3 Å². The molecule has 0 amide bonds. The number of halogens is 1. The zero-order chi connectivity index (χ0) is 13.1. The van der Waals surface area contributed by atoms with Crippen LogP contribution in [0.15, 0.2) is 24.4 Å². The number of aromatic nitrogens is 2. The fourth-order valence-corrected chi connectivity index (χ4v) is 1.98. The minimum atomic E-state index is -0.167. The summed E-state index contributed by atoms with van der Waals surface area (Å²) < 4.78 is 13.4. The summed E-state index contributed by atoms with van der Waals surface area (Å²) in [6.07, 6.45) is 3.36. The van der Waals surface area contributed by atoms with Gasteiger partial charge in [-0.1, -0.05) is 26.8 Å². The molecule has 1 aromatic carbocycles. The quantitative estimate of drug-likeness (QED) is 0.872. The lowest BCUT2D eigenvalue weighted by molar-refractivity contribution is 0.623. The molecule has 1 aromatic heterocycles. The first-order valence-electron chi connectivity index (χ1n) is 6.40. The van der Waals surface area contributed by atoms with E-state index in [0.717, 1.165) is 29.1 Å². The molecule has 0 bridgehead atoms. The molecular formula is C15H19FN2. The van der Waals surface area contributed by atoms with Crippen molar-refractivity contribution in [3.05, 3.63) is 52.9 Å². The lowest BCUT2D eigenvalue weighted by Gasteiger charge is -2.03. The molecule has 0 atom stereocenters. The molecule has 0 aliphatic heterocycles. The predicted molar refractivity (Wildman–Crippen MR) is 71.3 cm³/mol. The summed E-state index contributed by atoms with van der Waals surface area (Å²) in [5.41, 5.74) is 3.12. The van der Waals surface area contributed by atoms with E-state index >= 15 is 0 Å². The van der Waals surface area contributed by atoms with Crippen molar-refractivity contribution >= 4 is 0 Å². The number of nitrogens with one attached hydrogen (secondary N) is 1. The molecule has 0 saturated heterocycles. The third-order valence-electron chi connectivity index (χ3n) is 3.07. The van der Waals surface area contributed by atoms with Crippen LogP contribution in [0.5, 0.6) is 0 Å². The van der Waals surface area contributed by atoms with Gasteiger partial charge in [-0.15, -0.1) is 0 Å². The first-order valence-corrected chi connectivity index (χ1v) is 6.40. The Balaban J connectivity index is 2.19. The van der Waals surface area contributed by atoms with Gasteiger partial charge in [-0.3, -0.25) is 0 Å². The van der Waals surface area contributed by atoms with Gasteiger partial charge in [0.25, 0.3) is 0 Å². The molecule has 2 aromatic rings. The van der Waals surface area contributed by atoms with E-state index in [2.05, 4.69) is 23.8 Å². The van der Waals surface area contributed by atoms with Crippen LogP contribution in [0.3, 0.4) is 0 Å². The van der Waals surface area contributed by atoms with Crippen molar-refractivity contribution < 1.29 is 4.39 Å². The Morgan fingerprint density at radius 2 is 1.94 bits per heavy atom. The molecule has 96 valence electrons. The lowest BCUT2D eigenvalue weighted by Crippen LogP contribution is -1.95. The van der Waals surface area contributed by atoms with Crippen molar-refractivity contribution in [2.75, 3.05) is 0 Å². The van der Waals surface area contributed by atoms with Gasteiger partial charge in [0.1, 0.15) is 11.6 Å². The van der Waals surface area contributed by atoms with Gasteiger partial charge in [-0.05, 0) is 35.6 Å². The highest BCUT2D eigenvalue weighted by Crippen LogP contribution is 2.15. The van der Waals surface area contributed by atoms with Crippen LogP contribution in [0, 0.1) is 5.82 Å². The maximum absolute atomic E-state index is 13.4. The summed E-state index contributed by atoms with van der Waals surface area (Å²) in [5, 5.41) is 0. The summed E-state index contributed by atoms with van der Waals surface area (Å²) in [4.78, 5) is 7.62. The van der Waals surface area contributed by atoms with E-state index in [1.165, 1.54) is 0 Å². The van der Waals surface area contributed by atoms with Crippen LogP contribution in [0.4, 0.5) is 4.39 Å². The van der Waals surface area contributed by atoms with E-state index in [9.17, 15) is 4.39 Å². The fraction of sp³-hybridized carbons (Fsp3) is 0.400. The first kappa shape index (κ1) is 12.8. The maximum Gasteiger partial charge on any atom is 0.123 e. The third-order valence-corrected chi connectivity index (χ3v) is 3.07. The largest absolute Gasteiger partial charge is 0.345 e. The molecule has 1 heterocycles. The van der Waals surface area contributed by atoms with Crippen molar-refractivity contribution in [3.8, 4) is 0 Å². The van der Waals surface area contributed by atoms with Gasteiger partial charge >= 0.3 is 0 Å². The van der Waals surface area contributed by atoms with Crippen LogP contribution >= 0.6 is 0 Å². The van der Waals surface area contributed by atoms with Crippen molar-refractivity contribution in [1.29, 1.82) is 0 Å². The van der Waals surface area contributed by atoms with Gasteiger partial charge in [-0.25, -0.2) is 9.37 Å². The van der Waals surface area contributed by atoms with Crippen LogP contribution in [-0.4, -0.2) is 9.97 Å². The van der Waals surface area contributed by atoms with Crippen LogP contribution in [0.2, 0.25) is 0 Å². The van der Waals surface area contributed by atoms with Gasteiger partial charge < -0.3 is 4.98 Å². The van der Waals surface area contributed by atoms with Crippen molar-refractivity contribution in [1.82, 2.24) is 9.97 Å². The van der Waals surface area contributed by atoms with E-state index in [4.69, 9.17) is 0 Å². The molecule has 0 radical (unpaired) electrons. The summed E-state index contributed by atoms with van der Waals surface area (Å²) in [5.74, 6) is 1.16. The zero-order valence-corrected chi connectivity index (χ0v) is 11.1. The Morgan fingerprint density at radius 3 is 2.56 bits per heavy atom. The predicted octanol–water partition coefficient (Wildman–Crippen LogP) is 3.83. The lowest BCUT2D eigenvalue weighted by atomic mass is 10.1. The molecule has 0 unspecified atom stereocenters. The molecular weight excluding hydrogens is 227 g/mol. The molecule has 0 spiro atoms. The minimum absolute atomic E-state index is 0.167. The summed E-state index contributed by atoms with van der Waals surface area (Å²) in [6.45, 7) is 6.27. The number of rotatable bonds is 4. The third kappa shape index (κ3) is 2.97. The molecule has 2 rings (SSSR count). The van der Waals surface area contributed by atoms with Crippen LogP contribution in [0.1, 0.15) is 49.3 Å². The SMILES string of the molecule is CCc1cc(F)cc(Cc2ncc(C(C)C)[nH]2)c1. The van der Waals surface area contributed by atoms with Gasteiger partial charge in [0.05, 0.1) is 0 Å². The van der Waals surface area contributed by atoms with Crippen LogP contribution in [-0.2, 0) is 12.8 Å². The van der Waals surface area contributed by atoms with Crippen LogP contribution < -0.4 is 0 Å². The van der Waals surface area contributed by atoms with Crippen molar-refractivity contribution in [2.24, 2.45) is 0 Å². The number of H-pyrrole nitrogens is 1. The Morgan fingerprint density at radius 1 is 1.22 bits per heavy atom. The number of hydrogen-bond donors (Lipinski definition) is 1. The average molecular weight is 246 g/mol. The molecule has 0 aliphatic rings. The summed E-state index contributed by atoms with van der Waals surface area (Å²) in [7, 11) is 0. The van der Waals surface area contributed by atoms with Crippen molar-refractivity contribution in [3.63, 3.8) is 0 Å². The number of imidazole rings is 1. The number of benzene rings is 1. The number of aryl methyl sites for hydroxylation is 1. The highest BCUT2D eigenvalue weighted by molar-refractivity contribution is 5.27. The van der Waals surface area contributed by atoms with E-state index in [1.54, 1.807) is 12.1 Å². The summed E-state index contributed by atoms with van der Waals surface area (Å²) in [6, 6.07) is 5.21. The molecule has 2 nitrogen and oxygen atoms in total. The molecule has 0 fully saturated rings. The molecule has 3 heteroatoms. The average Bonchev–Trinajstić information content (AvgIpc) is 2.76. The zero-order valence-electron chi connectivity index (χ0n) is 11.1. The maximum atomic E-state index is 13.4. The van der Waals surface area contributed by atoms with Gasteiger partial charge in [0.2, 0.25) is 0 Å². The van der Waals surface area contributed by atoms with E-state index in [1.807, 2.05) is 19.2 Å². The topological polar surface area (TPSA) is 28.7 Å². The highest BCUT2D eigenvalue weighted by atomic mass is 19.1. The van der Waals surface area contributed by atoms with Gasteiger partial charge in [-0.2, -0.15) is 0 Å². The van der Waals surface area contributed by atoms with Crippen LogP contribution in [0.25, 0.3) is 0 Å². The second-order valence-electron chi connectivity index (χ2n) is 4.94. The Hall–Kier alpha value is -1.64. The van der Waals surface area contributed by atoms with E-state index in [-0.39, 0.29) is 5.82 Å². The molecule has 1 N–H and O–H groups in total. The second-order valence-corrected chi connectivity index (χ2v) is 4.94. The summed E-state index contributed by atoms with van der Waals surface area (Å²) >= 11 is 0. The molecule has 18 heavy (non-hydrogen) atoms. The number of nitrogens with zero attached hydrogens (tertiary/aromatic N) is 1. The minimum Gasteiger partial charge on any atom is -0.345 e. The highest BCUT2D eigenvalue weighted by Gasteiger charge is 2.06. The first-order chi connectivity index (χ1) is 8.58. The fourth-order valence-electron chi connectivity index (χ4n) is 1.98. The monoisotopic (exact) mass is 246 g/mol. The normalized spacial score (nSPS) is 11.2. The smallest absolute Gasteiger partial charge is 0.123 e.